The number of rotatable bonds is 4. The Labute approximate surface area is 137 Å². The van der Waals surface area contributed by atoms with E-state index < -0.39 is 11.9 Å². The van der Waals surface area contributed by atoms with Crippen LogP contribution >= 0.6 is 11.6 Å². The Morgan fingerprint density at radius 1 is 0.870 bits per heavy atom. The molecule has 2 rings (SSSR count). The number of fused-ring (bicyclic) bond motifs is 1. The van der Waals surface area contributed by atoms with E-state index in [0.717, 1.165) is 0 Å². The van der Waals surface area contributed by atoms with Crippen LogP contribution in [0.15, 0.2) is 18.2 Å². The maximum atomic E-state index is 11.5. The molecule has 23 heavy (non-hydrogen) atoms. The number of hydrogen-bond donors (Lipinski definition) is 0. The van der Waals surface area contributed by atoms with Gasteiger partial charge in [-0.15, -0.1) is 0 Å². The normalized spacial score (nSPS) is 10.3. The predicted octanol–water partition coefficient (Wildman–Crippen LogP) is 3.36. The molecular formula is C16H15ClO6. The summed E-state index contributed by atoms with van der Waals surface area (Å²) in [6, 6.07) is 4.98. The van der Waals surface area contributed by atoms with E-state index in [1.54, 1.807) is 18.2 Å². The smallest absolute Gasteiger partial charge is 0.308 e. The molecule has 7 heteroatoms. The van der Waals surface area contributed by atoms with Gasteiger partial charge in [0.05, 0.1) is 24.6 Å². The fraction of sp³-hybridized carbons (Fsp3) is 0.250. The average Bonchev–Trinajstić information content (AvgIpc) is 2.48. The highest BCUT2D eigenvalue weighted by Gasteiger charge is 2.26. The lowest BCUT2D eigenvalue weighted by atomic mass is 10.1. The topological polar surface area (TPSA) is 71.1 Å². The van der Waals surface area contributed by atoms with E-state index in [1.807, 2.05) is 0 Å². The fourth-order valence-corrected chi connectivity index (χ4v) is 2.50. The third kappa shape index (κ3) is 3.17. The van der Waals surface area contributed by atoms with Crippen LogP contribution in [0.1, 0.15) is 13.8 Å². The van der Waals surface area contributed by atoms with E-state index in [1.165, 1.54) is 28.1 Å². The van der Waals surface area contributed by atoms with Crippen molar-refractivity contribution in [3.05, 3.63) is 23.2 Å². The largest absolute Gasteiger partial charge is 0.490 e. The molecular weight excluding hydrogens is 324 g/mol. The molecule has 0 atom stereocenters. The molecule has 0 saturated heterocycles. The van der Waals surface area contributed by atoms with Crippen molar-refractivity contribution in [3.8, 4) is 23.0 Å². The molecule has 0 unspecified atom stereocenters. The Balaban J connectivity index is 2.98. The van der Waals surface area contributed by atoms with Gasteiger partial charge in [-0.25, -0.2) is 0 Å². The number of methoxy groups -OCH3 is 2. The van der Waals surface area contributed by atoms with Crippen molar-refractivity contribution >= 4 is 34.3 Å². The van der Waals surface area contributed by atoms with E-state index in [-0.39, 0.29) is 23.0 Å². The molecule has 2 aromatic carbocycles. The Kier molecular flexibility index (Phi) is 4.95. The van der Waals surface area contributed by atoms with Gasteiger partial charge in [0, 0.05) is 19.2 Å². The molecule has 0 radical (unpaired) electrons. The van der Waals surface area contributed by atoms with Crippen LogP contribution in [0.2, 0.25) is 5.02 Å². The molecule has 6 nitrogen and oxygen atoms in total. The van der Waals surface area contributed by atoms with Gasteiger partial charge >= 0.3 is 11.9 Å². The first-order valence-corrected chi connectivity index (χ1v) is 7.01. The maximum Gasteiger partial charge on any atom is 0.308 e. The summed E-state index contributed by atoms with van der Waals surface area (Å²) < 4.78 is 21.1. The summed E-state index contributed by atoms with van der Waals surface area (Å²) >= 11 is 6.25. The standard InChI is InChI=1S/C16H15ClO6/c1-8(18)22-13-10-6-5-7-11(17)12(10)14(23-9(2)19)16(21-4)15(13)20-3/h5-7H,1-4H3. The Morgan fingerprint density at radius 2 is 1.39 bits per heavy atom. The Morgan fingerprint density at radius 3 is 1.91 bits per heavy atom. The van der Waals surface area contributed by atoms with Crippen molar-refractivity contribution in [2.45, 2.75) is 13.8 Å². The summed E-state index contributed by atoms with van der Waals surface area (Å²) in [7, 11) is 2.77. The number of hydrogen-bond acceptors (Lipinski definition) is 6. The van der Waals surface area contributed by atoms with Gasteiger partial charge in [0.1, 0.15) is 0 Å². The SMILES string of the molecule is COc1c(OC)c(OC(C)=O)c2c(Cl)cccc2c1OC(C)=O. The molecule has 0 bridgehead atoms. The lowest BCUT2D eigenvalue weighted by Crippen LogP contribution is -2.08. The molecule has 122 valence electrons. The molecule has 0 aliphatic rings. The van der Waals surface area contributed by atoms with Crippen molar-refractivity contribution < 1.29 is 28.5 Å². The summed E-state index contributed by atoms with van der Waals surface area (Å²) in [4.78, 5) is 22.9. The van der Waals surface area contributed by atoms with E-state index in [0.29, 0.717) is 15.8 Å². The Hall–Kier alpha value is -2.47. The highest BCUT2D eigenvalue weighted by Crippen LogP contribution is 2.52. The van der Waals surface area contributed by atoms with Gasteiger partial charge < -0.3 is 18.9 Å². The van der Waals surface area contributed by atoms with Crippen molar-refractivity contribution in [1.82, 2.24) is 0 Å². The van der Waals surface area contributed by atoms with E-state index in [2.05, 4.69) is 0 Å². The van der Waals surface area contributed by atoms with Crippen LogP contribution in [0.3, 0.4) is 0 Å². The lowest BCUT2D eigenvalue weighted by molar-refractivity contribution is -0.133. The number of halogens is 1. The van der Waals surface area contributed by atoms with Crippen LogP contribution < -0.4 is 18.9 Å². The van der Waals surface area contributed by atoms with Crippen molar-refractivity contribution in [2.24, 2.45) is 0 Å². The average molecular weight is 339 g/mol. The molecule has 0 aliphatic heterocycles. The number of ether oxygens (including phenoxy) is 4. The van der Waals surface area contributed by atoms with Crippen LogP contribution in [0.25, 0.3) is 10.8 Å². The van der Waals surface area contributed by atoms with Crippen molar-refractivity contribution in [1.29, 1.82) is 0 Å². The zero-order valence-corrected chi connectivity index (χ0v) is 13.8. The summed E-state index contributed by atoms with van der Waals surface area (Å²) in [5.74, 6) is -0.592. The molecule has 0 N–H and O–H groups in total. The summed E-state index contributed by atoms with van der Waals surface area (Å²) in [5.41, 5.74) is 0. The molecule has 0 fully saturated rings. The Bertz CT molecular complexity index is 784. The zero-order valence-electron chi connectivity index (χ0n) is 13.1. The number of carbonyl (C=O) groups is 2. The first kappa shape index (κ1) is 16.9. The van der Waals surface area contributed by atoms with Gasteiger partial charge in [-0.3, -0.25) is 9.59 Å². The fourth-order valence-electron chi connectivity index (χ4n) is 2.24. The van der Waals surface area contributed by atoms with Gasteiger partial charge in [-0.05, 0) is 6.07 Å². The van der Waals surface area contributed by atoms with Crippen molar-refractivity contribution in [2.75, 3.05) is 14.2 Å². The van der Waals surface area contributed by atoms with Crippen LogP contribution in [-0.2, 0) is 9.59 Å². The molecule has 0 aromatic heterocycles. The molecule has 0 heterocycles. The summed E-state index contributed by atoms with van der Waals surface area (Å²) in [5, 5.41) is 1.16. The maximum absolute atomic E-state index is 11.5. The minimum Gasteiger partial charge on any atom is -0.490 e. The molecule has 0 spiro atoms. The second kappa shape index (κ2) is 6.75. The highest BCUT2D eigenvalue weighted by molar-refractivity contribution is 6.36. The van der Waals surface area contributed by atoms with E-state index in [9.17, 15) is 9.59 Å². The van der Waals surface area contributed by atoms with E-state index in [4.69, 9.17) is 30.5 Å². The van der Waals surface area contributed by atoms with Gasteiger partial charge in [0.25, 0.3) is 0 Å². The first-order chi connectivity index (χ1) is 10.9. The quantitative estimate of drug-likeness (QED) is 0.629. The predicted molar refractivity (Wildman–Crippen MR) is 84.7 cm³/mol. The molecule has 2 aromatic rings. The number of esters is 2. The second-order valence-corrected chi connectivity index (χ2v) is 4.98. The summed E-state index contributed by atoms with van der Waals surface area (Å²) in [6.45, 7) is 2.52. The number of carbonyl (C=O) groups excluding carboxylic acids is 2. The molecule has 0 saturated carbocycles. The third-order valence-corrected chi connectivity index (χ3v) is 3.32. The zero-order chi connectivity index (χ0) is 17.1. The summed E-state index contributed by atoms with van der Waals surface area (Å²) in [6.07, 6.45) is 0. The minimum absolute atomic E-state index is 0.105. The van der Waals surface area contributed by atoms with Crippen LogP contribution in [0.5, 0.6) is 23.0 Å². The van der Waals surface area contributed by atoms with Gasteiger partial charge in [-0.2, -0.15) is 0 Å². The van der Waals surface area contributed by atoms with E-state index >= 15 is 0 Å². The monoisotopic (exact) mass is 338 g/mol. The first-order valence-electron chi connectivity index (χ1n) is 6.63. The second-order valence-electron chi connectivity index (χ2n) is 4.57. The van der Waals surface area contributed by atoms with Crippen LogP contribution in [-0.4, -0.2) is 26.2 Å². The highest BCUT2D eigenvalue weighted by atomic mass is 35.5. The number of benzene rings is 2. The van der Waals surface area contributed by atoms with Crippen molar-refractivity contribution in [3.63, 3.8) is 0 Å². The molecule has 0 aliphatic carbocycles. The van der Waals surface area contributed by atoms with Gasteiger partial charge in [0.2, 0.25) is 11.5 Å². The van der Waals surface area contributed by atoms with Gasteiger partial charge in [0.15, 0.2) is 11.5 Å². The van der Waals surface area contributed by atoms with Crippen LogP contribution in [0.4, 0.5) is 0 Å². The minimum atomic E-state index is -0.549. The third-order valence-electron chi connectivity index (χ3n) is 3.00. The molecule has 0 amide bonds. The van der Waals surface area contributed by atoms with Crippen LogP contribution in [0, 0.1) is 0 Å². The van der Waals surface area contributed by atoms with Gasteiger partial charge in [-0.1, -0.05) is 23.7 Å². The lowest BCUT2D eigenvalue weighted by Gasteiger charge is -2.19.